The zero-order chi connectivity index (χ0) is 15.4. The van der Waals surface area contributed by atoms with Crippen molar-refractivity contribution in [1.82, 2.24) is 10.6 Å². The first-order valence-corrected chi connectivity index (χ1v) is 6.70. The van der Waals surface area contributed by atoms with Gasteiger partial charge in [-0.25, -0.2) is 0 Å². The molecule has 0 rings (SSSR count). The highest BCUT2D eigenvalue weighted by molar-refractivity contribution is 5.77. The number of amides is 1. The topological polar surface area (TPSA) is 120 Å². The molecule has 0 aliphatic rings. The average molecular weight is 288 g/mol. The Morgan fingerprint density at radius 1 is 1.20 bits per heavy atom. The fourth-order valence-corrected chi connectivity index (χ4v) is 1.59. The molecule has 8 nitrogen and oxygen atoms in total. The maximum Gasteiger partial charge on any atom is 0.221 e. The highest BCUT2D eigenvalue weighted by atomic mass is 16.3. The van der Waals surface area contributed by atoms with Crippen molar-refractivity contribution < 1.29 is 9.90 Å². The summed E-state index contributed by atoms with van der Waals surface area (Å²) < 4.78 is 0. The van der Waals surface area contributed by atoms with Crippen molar-refractivity contribution in [3.63, 3.8) is 0 Å². The lowest BCUT2D eigenvalue weighted by Gasteiger charge is -2.27. The van der Waals surface area contributed by atoms with Crippen molar-refractivity contribution in [3.8, 4) is 0 Å². The molecule has 0 heterocycles. The molecule has 1 amide bonds. The van der Waals surface area contributed by atoms with Gasteiger partial charge >= 0.3 is 0 Å². The van der Waals surface area contributed by atoms with Gasteiger partial charge in [-0.05, 0) is 18.9 Å². The Morgan fingerprint density at radius 3 is 2.25 bits per heavy atom. The van der Waals surface area contributed by atoms with E-state index in [4.69, 9.17) is 0 Å². The summed E-state index contributed by atoms with van der Waals surface area (Å²) in [4.78, 5) is 32.4. The zero-order valence-electron chi connectivity index (χ0n) is 12.1. The lowest BCUT2D eigenvalue weighted by Crippen LogP contribution is -2.56. The number of aliphatic hydroxyl groups is 1. The molecule has 0 atom stereocenters. The predicted octanol–water partition coefficient (Wildman–Crippen LogP) is 0.392. The van der Waals surface area contributed by atoms with Crippen molar-refractivity contribution in [2.75, 3.05) is 32.8 Å². The number of hydrogen-bond donors (Lipinski definition) is 3. The van der Waals surface area contributed by atoms with Gasteiger partial charge in [0, 0.05) is 13.0 Å². The second kappa shape index (κ2) is 10.4. The van der Waals surface area contributed by atoms with Crippen LogP contribution in [0.5, 0.6) is 0 Å². The smallest absolute Gasteiger partial charge is 0.221 e. The van der Waals surface area contributed by atoms with E-state index in [9.17, 15) is 19.7 Å². The second-order valence-electron chi connectivity index (χ2n) is 5.24. The zero-order valence-corrected chi connectivity index (χ0v) is 12.1. The molecule has 8 heteroatoms. The highest BCUT2D eigenvalue weighted by Gasteiger charge is 2.32. The molecular weight excluding hydrogens is 264 g/mol. The molecule has 0 aromatic rings. The summed E-state index contributed by atoms with van der Waals surface area (Å²) in [5.74, 6) is 0.235. The van der Waals surface area contributed by atoms with Gasteiger partial charge in [-0.3, -0.25) is 4.79 Å². The van der Waals surface area contributed by atoms with Crippen LogP contribution < -0.4 is 10.6 Å². The third kappa shape index (κ3) is 7.90. The minimum atomic E-state index is -1.38. The first-order valence-electron chi connectivity index (χ1n) is 6.70. The monoisotopic (exact) mass is 288 g/mol. The quantitative estimate of drug-likeness (QED) is 0.354. The van der Waals surface area contributed by atoms with Gasteiger partial charge in [0.25, 0.3) is 0 Å². The van der Waals surface area contributed by atoms with E-state index in [1.807, 2.05) is 0 Å². The fraction of sp³-hybridized carbons (Fsp3) is 0.917. The van der Waals surface area contributed by atoms with Crippen LogP contribution in [0, 0.1) is 15.7 Å². The summed E-state index contributed by atoms with van der Waals surface area (Å²) in [6.07, 6.45) is 1.21. The van der Waals surface area contributed by atoms with Crippen LogP contribution in [0.25, 0.3) is 0 Å². The van der Waals surface area contributed by atoms with Crippen molar-refractivity contribution in [2.45, 2.75) is 32.2 Å². The molecule has 0 bridgehead atoms. The van der Waals surface area contributed by atoms with E-state index >= 15 is 0 Å². The van der Waals surface area contributed by atoms with Crippen LogP contribution in [0.2, 0.25) is 0 Å². The third-order valence-electron chi connectivity index (χ3n) is 2.87. The standard InChI is InChI=1S/C12H24N4O4/c1-10(2)3-5-13-6-4-11(18)16-12(9-17,7-14-19)8-15-20/h10,13,17H,3-9H2,1-2H3,(H,16,18). The Morgan fingerprint density at radius 2 is 1.80 bits per heavy atom. The molecule has 0 saturated heterocycles. The van der Waals surface area contributed by atoms with E-state index in [1.165, 1.54) is 0 Å². The molecule has 116 valence electrons. The Labute approximate surface area is 118 Å². The highest BCUT2D eigenvalue weighted by Crippen LogP contribution is 2.06. The second-order valence-corrected chi connectivity index (χ2v) is 5.24. The number of nitrogens with one attached hydrogen (secondary N) is 2. The van der Waals surface area contributed by atoms with E-state index in [2.05, 4.69) is 34.8 Å². The summed E-state index contributed by atoms with van der Waals surface area (Å²) in [6, 6.07) is 0. The minimum absolute atomic E-state index is 0.192. The lowest BCUT2D eigenvalue weighted by molar-refractivity contribution is -0.123. The maximum atomic E-state index is 11.7. The van der Waals surface area contributed by atoms with Crippen LogP contribution in [-0.4, -0.2) is 49.3 Å². The van der Waals surface area contributed by atoms with Gasteiger partial charge in [-0.1, -0.05) is 24.2 Å². The molecule has 0 unspecified atom stereocenters. The van der Waals surface area contributed by atoms with Crippen molar-refractivity contribution >= 4 is 5.91 Å². The van der Waals surface area contributed by atoms with Gasteiger partial charge in [0.05, 0.1) is 6.61 Å². The van der Waals surface area contributed by atoms with E-state index in [-0.39, 0.29) is 25.4 Å². The SMILES string of the molecule is CC(C)CCNCCC(=O)NC(CO)(CN=O)CN=O. The Kier molecular flexibility index (Phi) is 9.65. The van der Waals surface area contributed by atoms with Crippen LogP contribution in [0.3, 0.4) is 0 Å². The number of hydrogen-bond acceptors (Lipinski definition) is 7. The van der Waals surface area contributed by atoms with Crippen LogP contribution in [0.4, 0.5) is 0 Å². The van der Waals surface area contributed by atoms with E-state index < -0.39 is 12.1 Å². The average Bonchev–Trinajstić information content (AvgIpc) is 2.38. The molecule has 3 N–H and O–H groups in total. The van der Waals surface area contributed by atoms with Gasteiger partial charge < -0.3 is 15.7 Å². The van der Waals surface area contributed by atoms with Crippen LogP contribution in [0.15, 0.2) is 10.4 Å². The molecule has 20 heavy (non-hydrogen) atoms. The molecule has 0 aliphatic carbocycles. The largest absolute Gasteiger partial charge is 0.394 e. The van der Waals surface area contributed by atoms with E-state index in [1.54, 1.807) is 0 Å². The van der Waals surface area contributed by atoms with Gasteiger partial charge in [0.1, 0.15) is 18.6 Å². The molecule has 0 radical (unpaired) electrons. The molecular formula is C12H24N4O4. The molecule has 0 spiro atoms. The van der Waals surface area contributed by atoms with E-state index in [0.717, 1.165) is 13.0 Å². The minimum Gasteiger partial charge on any atom is -0.394 e. The Bertz CT molecular complexity index is 300. The summed E-state index contributed by atoms with van der Waals surface area (Å²) >= 11 is 0. The van der Waals surface area contributed by atoms with Crippen LogP contribution in [-0.2, 0) is 4.79 Å². The van der Waals surface area contributed by atoms with Crippen molar-refractivity contribution in [1.29, 1.82) is 0 Å². The predicted molar refractivity (Wildman–Crippen MR) is 76.2 cm³/mol. The Hall–Kier alpha value is -1.41. The fourth-order valence-electron chi connectivity index (χ4n) is 1.59. The van der Waals surface area contributed by atoms with Crippen LogP contribution in [0.1, 0.15) is 26.7 Å². The molecule has 0 aromatic heterocycles. The summed E-state index contributed by atoms with van der Waals surface area (Å²) in [7, 11) is 0. The van der Waals surface area contributed by atoms with Crippen molar-refractivity contribution in [2.24, 2.45) is 16.3 Å². The summed E-state index contributed by atoms with van der Waals surface area (Å²) in [5, 5.41) is 20.1. The number of aliphatic hydroxyl groups excluding tert-OH is 1. The number of nitroso groups, excluding NO2 is 2. The summed E-state index contributed by atoms with van der Waals surface area (Å²) in [6.45, 7) is 4.21. The lowest BCUT2D eigenvalue weighted by atomic mass is 10.0. The summed E-state index contributed by atoms with van der Waals surface area (Å²) in [5.41, 5.74) is -1.38. The van der Waals surface area contributed by atoms with Gasteiger partial charge in [-0.2, -0.15) is 9.81 Å². The van der Waals surface area contributed by atoms with Gasteiger partial charge in [-0.15, -0.1) is 0 Å². The number of carbonyl (C=O) groups excluding carboxylic acids is 1. The number of rotatable bonds is 12. The molecule has 0 aliphatic heterocycles. The Balaban J connectivity index is 4.12. The van der Waals surface area contributed by atoms with Crippen LogP contribution >= 0.6 is 0 Å². The van der Waals surface area contributed by atoms with E-state index in [0.29, 0.717) is 12.5 Å². The number of nitrogens with zero attached hydrogens (tertiary/aromatic N) is 2. The first kappa shape index (κ1) is 18.6. The maximum absolute atomic E-state index is 11.7. The third-order valence-corrected chi connectivity index (χ3v) is 2.87. The number of carbonyl (C=O) groups is 1. The normalized spacial score (nSPS) is 11.4. The molecule has 0 saturated carbocycles. The van der Waals surface area contributed by atoms with Gasteiger partial charge in [0.2, 0.25) is 5.91 Å². The van der Waals surface area contributed by atoms with Gasteiger partial charge in [0.15, 0.2) is 0 Å². The molecule has 0 fully saturated rings. The first-order chi connectivity index (χ1) is 9.49. The molecule has 0 aromatic carbocycles. The van der Waals surface area contributed by atoms with Crippen molar-refractivity contribution in [3.05, 3.63) is 9.81 Å².